The van der Waals surface area contributed by atoms with Crippen molar-refractivity contribution in [2.45, 2.75) is 50.7 Å². The van der Waals surface area contributed by atoms with Gasteiger partial charge in [0, 0.05) is 32.7 Å². The minimum Gasteiger partial charge on any atom is -0.350 e. The Morgan fingerprint density at radius 1 is 0.875 bits per heavy atom. The molecule has 1 N–H and O–H groups in total. The zero-order valence-electron chi connectivity index (χ0n) is 22.3. The molecule has 1 atom stereocenters. The number of carbonyl (C=O) groups is 2. The van der Waals surface area contributed by atoms with E-state index in [1.54, 1.807) is 43.3 Å². The van der Waals surface area contributed by atoms with Gasteiger partial charge in [-0.1, -0.05) is 70.7 Å². The van der Waals surface area contributed by atoms with E-state index in [2.05, 4.69) is 5.32 Å². The second-order valence-corrected chi connectivity index (χ2v) is 13.6. The first kappa shape index (κ1) is 32.0. The molecule has 0 heterocycles. The molecule has 0 saturated carbocycles. The Kier molecular flexibility index (Phi) is 10.4. The van der Waals surface area contributed by atoms with E-state index in [9.17, 15) is 18.0 Å². The Balaban J connectivity index is 2.10. The van der Waals surface area contributed by atoms with Gasteiger partial charge in [0.15, 0.2) is 0 Å². The molecule has 3 rings (SSSR count). The lowest BCUT2D eigenvalue weighted by Crippen LogP contribution is -2.54. The molecule has 2 amide bonds. The molecule has 3 aromatic carbocycles. The Morgan fingerprint density at radius 2 is 1.48 bits per heavy atom. The highest BCUT2D eigenvalue weighted by Gasteiger charge is 2.34. The number of nitrogens with one attached hydrogen (secondary N) is 1. The fourth-order valence-electron chi connectivity index (χ4n) is 3.83. The summed E-state index contributed by atoms with van der Waals surface area (Å²) in [6.07, 6.45) is 0. The standard InChI is InChI=1S/C28H29Cl4N3O4S/c1-18(27(37)33-28(2,3)4)34(16-21-22(30)11-8-12-23(21)31)26(36)17-35(25-14-13-19(29)15-24(25)32)40(38,39)20-9-6-5-7-10-20/h5-15,18H,16-17H2,1-4H3,(H,33,37)/t18-/m1/s1. The van der Waals surface area contributed by atoms with Crippen LogP contribution in [0.15, 0.2) is 71.6 Å². The van der Waals surface area contributed by atoms with Crippen molar-refractivity contribution in [3.63, 3.8) is 0 Å². The van der Waals surface area contributed by atoms with Crippen molar-refractivity contribution in [3.05, 3.63) is 92.4 Å². The van der Waals surface area contributed by atoms with E-state index in [1.165, 1.54) is 35.2 Å². The lowest BCUT2D eigenvalue weighted by Gasteiger charge is -2.34. The van der Waals surface area contributed by atoms with Gasteiger partial charge in [-0.15, -0.1) is 0 Å². The van der Waals surface area contributed by atoms with E-state index in [1.807, 2.05) is 20.8 Å². The maximum Gasteiger partial charge on any atom is 0.264 e. The van der Waals surface area contributed by atoms with Crippen LogP contribution in [0.1, 0.15) is 33.3 Å². The molecule has 7 nitrogen and oxygen atoms in total. The number of amides is 2. The van der Waals surface area contributed by atoms with Crippen molar-refractivity contribution in [1.29, 1.82) is 0 Å². The molecule has 0 aliphatic rings. The monoisotopic (exact) mass is 643 g/mol. The molecule has 0 bridgehead atoms. The summed E-state index contributed by atoms with van der Waals surface area (Å²) in [7, 11) is -4.28. The molecule has 0 fully saturated rings. The first-order valence-electron chi connectivity index (χ1n) is 12.2. The highest BCUT2D eigenvalue weighted by molar-refractivity contribution is 7.92. The van der Waals surface area contributed by atoms with Crippen LogP contribution in [0.3, 0.4) is 0 Å². The first-order chi connectivity index (χ1) is 18.6. The molecular formula is C28H29Cl4N3O4S. The van der Waals surface area contributed by atoms with Gasteiger partial charge in [0.2, 0.25) is 11.8 Å². The van der Waals surface area contributed by atoms with Crippen LogP contribution in [0.2, 0.25) is 20.1 Å². The van der Waals surface area contributed by atoms with Crippen LogP contribution >= 0.6 is 46.4 Å². The second kappa shape index (κ2) is 13.0. The van der Waals surface area contributed by atoms with Gasteiger partial charge >= 0.3 is 0 Å². The number of hydrogen-bond acceptors (Lipinski definition) is 4. The van der Waals surface area contributed by atoms with Gasteiger partial charge in [-0.05, 0) is 70.2 Å². The molecule has 0 aliphatic carbocycles. The Hall–Kier alpha value is -2.49. The average Bonchev–Trinajstić information content (AvgIpc) is 2.86. The molecule has 0 aliphatic heterocycles. The van der Waals surface area contributed by atoms with E-state index in [-0.39, 0.29) is 22.2 Å². The molecule has 0 spiro atoms. The zero-order valence-corrected chi connectivity index (χ0v) is 26.1. The molecule has 0 saturated heterocycles. The zero-order chi connectivity index (χ0) is 29.8. The van der Waals surface area contributed by atoms with Crippen molar-refractivity contribution in [2.75, 3.05) is 10.8 Å². The number of nitrogens with zero attached hydrogens (tertiary/aromatic N) is 2. The first-order valence-corrected chi connectivity index (χ1v) is 15.1. The fourth-order valence-corrected chi connectivity index (χ4v) is 6.36. The van der Waals surface area contributed by atoms with Gasteiger partial charge in [-0.25, -0.2) is 8.42 Å². The van der Waals surface area contributed by atoms with E-state index in [0.29, 0.717) is 20.6 Å². The van der Waals surface area contributed by atoms with Crippen LogP contribution < -0.4 is 9.62 Å². The maximum absolute atomic E-state index is 14.0. The normalized spacial score (nSPS) is 12.5. The number of sulfonamides is 1. The van der Waals surface area contributed by atoms with Gasteiger partial charge in [0.05, 0.1) is 15.6 Å². The van der Waals surface area contributed by atoms with E-state index in [4.69, 9.17) is 46.4 Å². The molecule has 0 radical (unpaired) electrons. The SMILES string of the molecule is C[C@H](C(=O)NC(C)(C)C)N(Cc1c(Cl)cccc1Cl)C(=O)CN(c1ccc(Cl)cc1Cl)S(=O)(=O)c1ccccc1. The molecule has 12 heteroatoms. The van der Waals surface area contributed by atoms with Crippen LogP contribution in [0, 0.1) is 0 Å². The van der Waals surface area contributed by atoms with E-state index in [0.717, 1.165) is 4.31 Å². The third-order valence-electron chi connectivity index (χ3n) is 5.84. The van der Waals surface area contributed by atoms with Crippen molar-refractivity contribution in [3.8, 4) is 0 Å². The summed E-state index contributed by atoms with van der Waals surface area (Å²) in [6.45, 7) is 6.16. The van der Waals surface area contributed by atoms with Crippen LogP contribution in [-0.4, -0.2) is 43.3 Å². The topological polar surface area (TPSA) is 86.8 Å². The summed E-state index contributed by atoms with van der Waals surface area (Å²) >= 11 is 25.3. The predicted octanol–water partition coefficient (Wildman–Crippen LogP) is 6.83. The highest BCUT2D eigenvalue weighted by atomic mass is 35.5. The van der Waals surface area contributed by atoms with Gasteiger partial charge in [0.25, 0.3) is 10.0 Å². The largest absolute Gasteiger partial charge is 0.350 e. The number of benzene rings is 3. The number of hydrogen-bond donors (Lipinski definition) is 1. The van der Waals surface area contributed by atoms with Crippen LogP contribution in [0.4, 0.5) is 5.69 Å². The minimum absolute atomic E-state index is 0.0269. The summed E-state index contributed by atoms with van der Waals surface area (Å²) in [5.74, 6) is -1.12. The fraction of sp³-hybridized carbons (Fsp3) is 0.286. The van der Waals surface area contributed by atoms with Gasteiger partial charge in [0.1, 0.15) is 12.6 Å². The smallest absolute Gasteiger partial charge is 0.264 e. The Morgan fingerprint density at radius 3 is 2.02 bits per heavy atom. The van der Waals surface area contributed by atoms with Crippen molar-refractivity contribution >= 4 is 73.9 Å². The number of anilines is 1. The number of carbonyl (C=O) groups excluding carboxylic acids is 2. The molecule has 214 valence electrons. The van der Waals surface area contributed by atoms with Gasteiger partial charge in [-0.2, -0.15) is 0 Å². The molecular weight excluding hydrogens is 616 g/mol. The van der Waals surface area contributed by atoms with Crippen LogP contribution in [0.5, 0.6) is 0 Å². The molecule has 40 heavy (non-hydrogen) atoms. The summed E-state index contributed by atoms with van der Waals surface area (Å²) in [6, 6.07) is 15.8. The third kappa shape index (κ3) is 7.83. The highest BCUT2D eigenvalue weighted by Crippen LogP contribution is 2.33. The maximum atomic E-state index is 14.0. The van der Waals surface area contributed by atoms with E-state index < -0.39 is 40.0 Å². The lowest BCUT2D eigenvalue weighted by molar-refractivity contribution is -0.140. The molecule has 0 unspecified atom stereocenters. The number of rotatable bonds is 9. The molecule has 0 aromatic heterocycles. The summed E-state index contributed by atoms with van der Waals surface area (Å²) in [5.41, 5.74) is -0.121. The van der Waals surface area contributed by atoms with Crippen molar-refractivity contribution in [1.82, 2.24) is 10.2 Å². The third-order valence-corrected chi connectivity index (χ3v) is 8.86. The predicted molar refractivity (Wildman–Crippen MR) is 162 cm³/mol. The van der Waals surface area contributed by atoms with Gasteiger partial charge < -0.3 is 10.2 Å². The Bertz CT molecular complexity index is 1470. The quantitative estimate of drug-likeness (QED) is 0.277. The average molecular weight is 645 g/mol. The lowest BCUT2D eigenvalue weighted by atomic mass is 10.1. The Labute approximate surface area is 255 Å². The van der Waals surface area contributed by atoms with E-state index >= 15 is 0 Å². The van der Waals surface area contributed by atoms with Crippen LogP contribution in [0.25, 0.3) is 0 Å². The minimum atomic E-state index is -4.28. The summed E-state index contributed by atoms with van der Waals surface area (Å²) in [5, 5.41) is 3.77. The second-order valence-electron chi connectivity index (χ2n) is 10.1. The molecule has 3 aromatic rings. The number of halogens is 4. The summed E-state index contributed by atoms with van der Waals surface area (Å²) < 4.78 is 28.6. The van der Waals surface area contributed by atoms with Crippen LogP contribution in [-0.2, 0) is 26.2 Å². The summed E-state index contributed by atoms with van der Waals surface area (Å²) in [4.78, 5) is 28.4. The van der Waals surface area contributed by atoms with Gasteiger partial charge in [-0.3, -0.25) is 13.9 Å². The van der Waals surface area contributed by atoms with Crippen molar-refractivity contribution in [2.24, 2.45) is 0 Å². The van der Waals surface area contributed by atoms with Crippen molar-refractivity contribution < 1.29 is 18.0 Å².